The summed E-state index contributed by atoms with van der Waals surface area (Å²) >= 11 is 0. The van der Waals surface area contributed by atoms with Crippen molar-refractivity contribution in [2.24, 2.45) is 5.92 Å². The van der Waals surface area contributed by atoms with Gasteiger partial charge in [0, 0.05) is 6.54 Å². The Hall–Kier alpha value is -1.02. The third-order valence-corrected chi connectivity index (χ3v) is 3.23. The summed E-state index contributed by atoms with van der Waals surface area (Å²) in [5.41, 5.74) is 2.54. The fourth-order valence-electron chi connectivity index (χ4n) is 1.87. The molecule has 0 heterocycles. The smallest absolute Gasteiger partial charge is 0.122 e. The first-order valence-electron chi connectivity index (χ1n) is 7.01. The van der Waals surface area contributed by atoms with E-state index in [-0.39, 0.29) is 0 Å². The van der Waals surface area contributed by atoms with Gasteiger partial charge in [-0.25, -0.2) is 0 Å². The van der Waals surface area contributed by atoms with E-state index >= 15 is 0 Å². The first-order chi connectivity index (χ1) is 8.61. The van der Waals surface area contributed by atoms with Crippen LogP contribution in [0.4, 0.5) is 0 Å². The molecule has 1 aromatic rings. The van der Waals surface area contributed by atoms with Crippen molar-refractivity contribution in [3.8, 4) is 5.75 Å². The fraction of sp³-hybridized carbons (Fsp3) is 0.625. The molecule has 0 fully saturated rings. The van der Waals surface area contributed by atoms with Crippen LogP contribution in [-0.4, -0.2) is 19.7 Å². The standard InChI is InChI=1S/C16H27NO/c1-13(2)7-6-10-17-11-12-18-16-9-5-8-14(3)15(16)4/h5,8-9,13,17H,6-7,10-12H2,1-4H3. The quantitative estimate of drug-likeness (QED) is 0.709. The zero-order valence-corrected chi connectivity index (χ0v) is 12.3. The SMILES string of the molecule is Cc1cccc(OCCNCCCC(C)C)c1C. The lowest BCUT2D eigenvalue weighted by atomic mass is 10.1. The Morgan fingerprint density at radius 2 is 1.94 bits per heavy atom. The van der Waals surface area contributed by atoms with Gasteiger partial charge in [0.15, 0.2) is 0 Å². The molecule has 1 N–H and O–H groups in total. The van der Waals surface area contributed by atoms with Crippen LogP contribution in [0.3, 0.4) is 0 Å². The molecule has 1 aromatic carbocycles. The van der Waals surface area contributed by atoms with Crippen LogP contribution < -0.4 is 10.1 Å². The van der Waals surface area contributed by atoms with Crippen molar-refractivity contribution in [2.45, 2.75) is 40.5 Å². The van der Waals surface area contributed by atoms with Gasteiger partial charge in [0.25, 0.3) is 0 Å². The summed E-state index contributed by atoms with van der Waals surface area (Å²) in [6, 6.07) is 6.21. The average Bonchev–Trinajstić information content (AvgIpc) is 2.32. The fourth-order valence-corrected chi connectivity index (χ4v) is 1.87. The van der Waals surface area contributed by atoms with Gasteiger partial charge < -0.3 is 10.1 Å². The van der Waals surface area contributed by atoms with Gasteiger partial charge >= 0.3 is 0 Å². The van der Waals surface area contributed by atoms with Crippen molar-refractivity contribution in [2.75, 3.05) is 19.7 Å². The maximum Gasteiger partial charge on any atom is 0.122 e. The van der Waals surface area contributed by atoms with Gasteiger partial charge in [-0.3, -0.25) is 0 Å². The molecule has 0 amide bonds. The molecule has 0 saturated heterocycles. The van der Waals surface area contributed by atoms with E-state index < -0.39 is 0 Å². The normalized spacial score (nSPS) is 10.9. The van der Waals surface area contributed by atoms with Gasteiger partial charge in [-0.15, -0.1) is 0 Å². The molecule has 1 rings (SSSR count). The molecule has 0 atom stereocenters. The summed E-state index contributed by atoms with van der Waals surface area (Å²) in [5, 5.41) is 3.42. The van der Waals surface area contributed by atoms with Gasteiger partial charge in [-0.05, 0) is 56.3 Å². The number of aryl methyl sites for hydroxylation is 1. The van der Waals surface area contributed by atoms with Crippen molar-refractivity contribution in [3.63, 3.8) is 0 Å². The molecule has 2 nitrogen and oxygen atoms in total. The van der Waals surface area contributed by atoms with E-state index in [2.05, 4.69) is 39.1 Å². The van der Waals surface area contributed by atoms with E-state index in [1.54, 1.807) is 0 Å². The lowest BCUT2D eigenvalue weighted by molar-refractivity contribution is 0.311. The van der Waals surface area contributed by atoms with Crippen LogP contribution in [-0.2, 0) is 0 Å². The molecule has 0 aliphatic rings. The molecular weight excluding hydrogens is 222 g/mol. The number of hydrogen-bond donors (Lipinski definition) is 1. The van der Waals surface area contributed by atoms with E-state index in [9.17, 15) is 0 Å². The molecular formula is C16H27NO. The number of rotatable bonds is 8. The van der Waals surface area contributed by atoms with Crippen molar-refractivity contribution in [1.29, 1.82) is 0 Å². The molecule has 0 bridgehead atoms. The second-order valence-electron chi connectivity index (χ2n) is 5.33. The van der Waals surface area contributed by atoms with Crippen LogP contribution in [0.1, 0.15) is 37.8 Å². The first kappa shape index (κ1) is 15.0. The van der Waals surface area contributed by atoms with Crippen LogP contribution >= 0.6 is 0 Å². The van der Waals surface area contributed by atoms with Crippen molar-refractivity contribution < 1.29 is 4.74 Å². The molecule has 2 heteroatoms. The second kappa shape index (κ2) is 8.15. The molecule has 102 valence electrons. The van der Waals surface area contributed by atoms with Gasteiger partial charge in [-0.1, -0.05) is 26.0 Å². The lowest BCUT2D eigenvalue weighted by Gasteiger charge is -2.11. The Morgan fingerprint density at radius 3 is 2.67 bits per heavy atom. The molecule has 0 radical (unpaired) electrons. The Kier molecular flexibility index (Phi) is 6.81. The Labute approximate surface area is 112 Å². The van der Waals surface area contributed by atoms with Crippen molar-refractivity contribution in [1.82, 2.24) is 5.32 Å². The summed E-state index contributed by atoms with van der Waals surface area (Å²) in [4.78, 5) is 0. The summed E-state index contributed by atoms with van der Waals surface area (Å²) in [5.74, 6) is 1.82. The number of nitrogens with one attached hydrogen (secondary N) is 1. The van der Waals surface area contributed by atoms with Crippen LogP contribution in [0.2, 0.25) is 0 Å². The summed E-state index contributed by atoms with van der Waals surface area (Å²) in [7, 11) is 0. The van der Waals surface area contributed by atoms with Crippen LogP contribution in [0.25, 0.3) is 0 Å². The Bertz CT molecular complexity index is 347. The van der Waals surface area contributed by atoms with E-state index in [0.29, 0.717) is 0 Å². The molecule has 0 saturated carbocycles. The van der Waals surface area contributed by atoms with E-state index in [4.69, 9.17) is 4.74 Å². The van der Waals surface area contributed by atoms with E-state index in [0.717, 1.165) is 31.4 Å². The minimum atomic E-state index is 0.742. The van der Waals surface area contributed by atoms with Crippen molar-refractivity contribution >= 4 is 0 Å². The van der Waals surface area contributed by atoms with E-state index in [1.807, 2.05) is 12.1 Å². The van der Waals surface area contributed by atoms with Gasteiger partial charge in [0.05, 0.1) is 0 Å². The predicted molar refractivity (Wildman–Crippen MR) is 78.4 cm³/mol. The number of ether oxygens (including phenoxy) is 1. The molecule has 0 aromatic heterocycles. The summed E-state index contributed by atoms with van der Waals surface area (Å²) < 4.78 is 5.78. The lowest BCUT2D eigenvalue weighted by Crippen LogP contribution is -2.22. The zero-order chi connectivity index (χ0) is 13.4. The third-order valence-electron chi connectivity index (χ3n) is 3.23. The van der Waals surface area contributed by atoms with Crippen LogP contribution in [0.15, 0.2) is 18.2 Å². The summed E-state index contributed by atoms with van der Waals surface area (Å²) in [6.45, 7) is 11.5. The first-order valence-corrected chi connectivity index (χ1v) is 7.01. The largest absolute Gasteiger partial charge is 0.492 e. The Balaban J connectivity index is 2.13. The topological polar surface area (TPSA) is 21.3 Å². The highest BCUT2D eigenvalue weighted by molar-refractivity contribution is 5.38. The Morgan fingerprint density at radius 1 is 1.17 bits per heavy atom. The molecule has 18 heavy (non-hydrogen) atoms. The predicted octanol–water partition coefficient (Wildman–Crippen LogP) is 3.71. The monoisotopic (exact) mass is 249 g/mol. The maximum atomic E-state index is 5.78. The molecule has 0 spiro atoms. The zero-order valence-electron chi connectivity index (χ0n) is 12.3. The minimum Gasteiger partial charge on any atom is -0.492 e. The average molecular weight is 249 g/mol. The highest BCUT2D eigenvalue weighted by atomic mass is 16.5. The highest BCUT2D eigenvalue weighted by Crippen LogP contribution is 2.20. The van der Waals surface area contributed by atoms with E-state index in [1.165, 1.54) is 24.0 Å². The van der Waals surface area contributed by atoms with Gasteiger partial charge in [0.1, 0.15) is 12.4 Å². The highest BCUT2D eigenvalue weighted by Gasteiger charge is 2.00. The molecule has 0 unspecified atom stereocenters. The third kappa shape index (κ3) is 5.54. The van der Waals surface area contributed by atoms with Gasteiger partial charge in [-0.2, -0.15) is 0 Å². The van der Waals surface area contributed by atoms with Gasteiger partial charge in [0.2, 0.25) is 0 Å². The molecule has 0 aliphatic heterocycles. The van der Waals surface area contributed by atoms with Crippen LogP contribution in [0.5, 0.6) is 5.75 Å². The number of hydrogen-bond acceptors (Lipinski definition) is 2. The van der Waals surface area contributed by atoms with Crippen LogP contribution in [0, 0.1) is 19.8 Å². The number of benzene rings is 1. The maximum absolute atomic E-state index is 5.78. The minimum absolute atomic E-state index is 0.742. The van der Waals surface area contributed by atoms with Crippen molar-refractivity contribution in [3.05, 3.63) is 29.3 Å². The molecule has 0 aliphatic carbocycles. The summed E-state index contributed by atoms with van der Waals surface area (Å²) in [6.07, 6.45) is 2.55. The second-order valence-corrected chi connectivity index (χ2v) is 5.33.